The van der Waals surface area contributed by atoms with Crippen molar-refractivity contribution < 1.29 is 9.66 Å². The summed E-state index contributed by atoms with van der Waals surface area (Å²) in [6.45, 7) is 8.48. The summed E-state index contributed by atoms with van der Waals surface area (Å²) < 4.78 is 5.49. The maximum atomic E-state index is 11.9. The number of nitro groups is 1. The molecule has 1 unspecified atom stereocenters. The van der Waals surface area contributed by atoms with Crippen LogP contribution >= 0.6 is 0 Å². The van der Waals surface area contributed by atoms with E-state index in [1.165, 1.54) is 0 Å². The molecule has 0 radical (unpaired) electrons. The molecule has 2 aromatic rings. The molecule has 1 aromatic heterocycles. The summed E-state index contributed by atoms with van der Waals surface area (Å²) >= 11 is 0. The Kier molecular flexibility index (Phi) is 6.56. The average Bonchev–Trinajstić information content (AvgIpc) is 3.19. The molecule has 1 aliphatic rings. The highest BCUT2D eigenvalue weighted by atomic mass is 16.6. The van der Waals surface area contributed by atoms with Crippen molar-refractivity contribution in [2.75, 3.05) is 24.7 Å². The Labute approximate surface area is 164 Å². The highest BCUT2D eigenvalue weighted by molar-refractivity contribution is 5.65. The van der Waals surface area contributed by atoms with E-state index in [4.69, 9.17) is 4.74 Å². The molecule has 0 bridgehead atoms. The zero-order chi connectivity index (χ0) is 20.1. The smallest absolute Gasteiger partial charge is 0.292 e. The molecule has 1 N–H and O–H groups in total. The van der Waals surface area contributed by atoms with Crippen LogP contribution in [-0.4, -0.2) is 51.3 Å². The van der Waals surface area contributed by atoms with Crippen LogP contribution in [0.15, 0.2) is 18.2 Å². The van der Waals surface area contributed by atoms with E-state index in [1.807, 2.05) is 19.1 Å². The first-order valence-electron chi connectivity index (χ1n) is 9.81. The molecular weight excluding hydrogens is 360 g/mol. The molecule has 2 heterocycles. The van der Waals surface area contributed by atoms with Gasteiger partial charge in [0, 0.05) is 38.3 Å². The first-order valence-corrected chi connectivity index (χ1v) is 9.81. The molecule has 9 heteroatoms. The van der Waals surface area contributed by atoms with Crippen molar-refractivity contribution in [3.8, 4) is 0 Å². The van der Waals surface area contributed by atoms with E-state index >= 15 is 0 Å². The maximum absolute atomic E-state index is 11.9. The highest BCUT2D eigenvalue weighted by Crippen LogP contribution is 2.35. The van der Waals surface area contributed by atoms with Crippen LogP contribution in [0.2, 0.25) is 0 Å². The molecule has 9 nitrogen and oxygen atoms in total. The van der Waals surface area contributed by atoms with Crippen molar-refractivity contribution in [3.63, 3.8) is 0 Å². The zero-order valence-electron chi connectivity index (χ0n) is 16.7. The van der Waals surface area contributed by atoms with Crippen LogP contribution in [0.4, 0.5) is 11.4 Å². The number of hydrogen-bond acceptors (Lipinski definition) is 7. The Bertz CT molecular complexity index is 774. The minimum absolute atomic E-state index is 0.0594. The van der Waals surface area contributed by atoms with Crippen LogP contribution in [0, 0.1) is 16.0 Å². The van der Waals surface area contributed by atoms with Crippen molar-refractivity contribution in [1.29, 1.82) is 0 Å². The molecule has 152 valence electrons. The Balaban J connectivity index is 1.90. The van der Waals surface area contributed by atoms with Gasteiger partial charge in [-0.3, -0.25) is 10.1 Å². The standard InChI is InChI=1S/C19H28N6O3/c1-13(2)12-24(16-6-8-28-9-7-16)17-5-4-15(11-18(17)25(26)27)14(3)10-19-20-22-23-21-19/h4-5,11,13-14,16H,6-10,12H2,1-3H3,(H,20,21,22,23). The quantitative estimate of drug-likeness (QED) is 0.546. The van der Waals surface area contributed by atoms with E-state index in [9.17, 15) is 10.1 Å². The van der Waals surface area contributed by atoms with Gasteiger partial charge in [-0.2, -0.15) is 0 Å². The van der Waals surface area contributed by atoms with Gasteiger partial charge in [0.25, 0.3) is 5.69 Å². The number of aromatic nitrogens is 4. The SMILES string of the molecule is CC(C)CN(c1ccc(C(C)Cc2nnn[nH]2)cc1[N+](=O)[O-])C1CCOCC1. The van der Waals surface area contributed by atoms with Crippen molar-refractivity contribution in [3.05, 3.63) is 39.7 Å². The van der Waals surface area contributed by atoms with E-state index in [2.05, 4.69) is 39.4 Å². The Morgan fingerprint density at radius 3 is 2.68 bits per heavy atom. The molecule has 0 amide bonds. The summed E-state index contributed by atoms with van der Waals surface area (Å²) in [5.74, 6) is 1.13. The number of nitro benzene ring substituents is 1. The summed E-state index contributed by atoms with van der Waals surface area (Å²) in [4.78, 5) is 13.8. The molecule has 0 aliphatic carbocycles. The Hall–Kier alpha value is -2.55. The van der Waals surface area contributed by atoms with Crippen LogP contribution in [0.5, 0.6) is 0 Å². The monoisotopic (exact) mass is 388 g/mol. The largest absolute Gasteiger partial charge is 0.381 e. The van der Waals surface area contributed by atoms with Crippen molar-refractivity contribution in [2.24, 2.45) is 5.92 Å². The molecule has 1 saturated heterocycles. The van der Waals surface area contributed by atoms with Gasteiger partial charge >= 0.3 is 0 Å². The van der Waals surface area contributed by atoms with Crippen LogP contribution in [-0.2, 0) is 11.2 Å². The second-order valence-corrected chi connectivity index (χ2v) is 7.85. The number of aromatic amines is 1. The fourth-order valence-electron chi connectivity index (χ4n) is 3.74. The molecule has 0 spiro atoms. The normalized spacial score (nSPS) is 16.3. The number of hydrogen-bond donors (Lipinski definition) is 1. The first kappa shape index (κ1) is 20.2. The number of ether oxygens (including phenoxy) is 1. The second kappa shape index (κ2) is 9.09. The molecule has 1 fully saturated rings. The number of benzene rings is 1. The van der Waals surface area contributed by atoms with Gasteiger partial charge in [0.1, 0.15) is 11.5 Å². The Morgan fingerprint density at radius 1 is 1.32 bits per heavy atom. The molecule has 1 aliphatic heterocycles. The van der Waals surface area contributed by atoms with E-state index in [1.54, 1.807) is 6.07 Å². The van der Waals surface area contributed by atoms with Gasteiger partial charge in [0.05, 0.1) is 4.92 Å². The number of nitrogens with zero attached hydrogens (tertiary/aromatic N) is 5. The van der Waals surface area contributed by atoms with Crippen molar-refractivity contribution >= 4 is 11.4 Å². The van der Waals surface area contributed by atoms with Crippen molar-refractivity contribution in [1.82, 2.24) is 20.6 Å². The molecule has 1 aromatic carbocycles. The number of anilines is 1. The van der Waals surface area contributed by atoms with Gasteiger partial charge in [-0.1, -0.05) is 26.8 Å². The van der Waals surface area contributed by atoms with E-state index < -0.39 is 0 Å². The molecular formula is C19H28N6O3. The lowest BCUT2D eigenvalue weighted by molar-refractivity contribution is -0.384. The van der Waals surface area contributed by atoms with Crippen LogP contribution in [0.1, 0.15) is 50.9 Å². The van der Waals surface area contributed by atoms with Crippen LogP contribution in [0.25, 0.3) is 0 Å². The van der Waals surface area contributed by atoms with Gasteiger partial charge in [0.15, 0.2) is 0 Å². The number of rotatable bonds is 8. The van der Waals surface area contributed by atoms with E-state index in [0.717, 1.165) is 24.9 Å². The number of tetrazole rings is 1. The highest BCUT2D eigenvalue weighted by Gasteiger charge is 2.28. The van der Waals surface area contributed by atoms with Gasteiger partial charge in [-0.05, 0) is 46.7 Å². The molecule has 0 saturated carbocycles. The van der Waals surface area contributed by atoms with Gasteiger partial charge in [0.2, 0.25) is 0 Å². The van der Waals surface area contributed by atoms with Gasteiger partial charge < -0.3 is 9.64 Å². The molecule has 1 atom stereocenters. The van der Waals surface area contributed by atoms with Gasteiger partial charge in [-0.25, -0.2) is 5.10 Å². The fraction of sp³-hybridized carbons (Fsp3) is 0.632. The summed E-state index contributed by atoms with van der Waals surface area (Å²) in [5, 5.41) is 25.7. The minimum atomic E-state index is -0.270. The third-order valence-electron chi connectivity index (χ3n) is 5.16. The third-order valence-corrected chi connectivity index (χ3v) is 5.16. The van der Waals surface area contributed by atoms with Gasteiger partial charge in [-0.15, -0.1) is 5.10 Å². The summed E-state index contributed by atoms with van der Waals surface area (Å²) in [6.07, 6.45) is 2.38. The minimum Gasteiger partial charge on any atom is -0.381 e. The molecule has 3 rings (SSSR count). The fourth-order valence-corrected chi connectivity index (χ4v) is 3.74. The third kappa shape index (κ3) is 4.83. The predicted octanol–water partition coefficient (Wildman–Crippen LogP) is 3.10. The zero-order valence-corrected chi connectivity index (χ0v) is 16.7. The first-order chi connectivity index (χ1) is 13.5. The van der Waals surface area contributed by atoms with Crippen LogP contribution < -0.4 is 4.90 Å². The van der Waals surface area contributed by atoms with Crippen LogP contribution in [0.3, 0.4) is 0 Å². The lowest BCUT2D eigenvalue weighted by atomic mass is 9.95. The maximum Gasteiger partial charge on any atom is 0.292 e. The second-order valence-electron chi connectivity index (χ2n) is 7.85. The average molecular weight is 388 g/mol. The number of nitrogens with one attached hydrogen (secondary N) is 1. The summed E-state index contributed by atoms with van der Waals surface area (Å²) in [6, 6.07) is 5.86. The van der Waals surface area contributed by atoms with E-state index in [0.29, 0.717) is 37.1 Å². The predicted molar refractivity (Wildman–Crippen MR) is 105 cm³/mol. The molecule has 28 heavy (non-hydrogen) atoms. The summed E-state index contributed by atoms with van der Waals surface area (Å²) in [5.41, 5.74) is 1.76. The lowest BCUT2D eigenvalue weighted by Crippen LogP contribution is -2.42. The van der Waals surface area contributed by atoms with Crippen molar-refractivity contribution in [2.45, 2.75) is 52.0 Å². The Morgan fingerprint density at radius 2 is 2.07 bits per heavy atom. The topological polar surface area (TPSA) is 110 Å². The lowest BCUT2D eigenvalue weighted by Gasteiger charge is -2.37. The van der Waals surface area contributed by atoms with E-state index in [-0.39, 0.29) is 22.6 Å². The summed E-state index contributed by atoms with van der Waals surface area (Å²) in [7, 11) is 0. The number of H-pyrrole nitrogens is 1.